The monoisotopic (exact) mass is 311 g/mol. The minimum atomic E-state index is -0.523. The van der Waals surface area contributed by atoms with Gasteiger partial charge in [0.2, 0.25) is 0 Å². The minimum absolute atomic E-state index is 0.000150. The number of hydrogen-bond donors (Lipinski definition) is 1. The van der Waals surface area contributed by atoms with Crippen LogP contribution in [0.4, 0.5) is 8.78 Å². The van der Waals surface area contributed by atoms with E-state index in [4.69, 9.17) is 22.1 Å². The van der Waals surface area contributed by atoms with Crippen LogP contribution in [0.15, 0.2) is 36.4 Å². The summed E-state index contributed by atoms with van der Waals surface area (Å²) in [5.41, 5.74) is 6.95. The Morgan fingerprint density at radius 2 is 1.95 bits per heavy atom. The van der Waals surface area contributed by atoms with Gasteiger partial charge in [-0.2, -0.15) is 0 Å². The molecule has 0 aromatic heterocycles. The third-order valence-electron chi connectivity index (χ3n) is 2.97. The maximum atomic E-state index is 13.9. The first-order chi connectivity index (χ1) is 9.97. The highest BCUT2D eigenvalue weighted by Gasteiger charge is 2.09. The topological polar surface area (TPSA) is 35.2 Å². The van der Waals surface area contributed by atoms with E-state index in [9.17, 15) is 8.78 Å². The number of nitrogens with two attached hydrogens (primary N) is 1. The SMILES string of the molecule is CC(N)Cc1ccc(OCc2cccc(F)c2Cl)c(F)c1. The van der Waals surface area contributed by atoms with Crippen LogP contribution in [0, 0.1) is 11.6 Å². The van der Waals surface area contributed by atoms with E-state index in [2.05, 4.69) is 0 Å². The van der Waals surface area contributed by atoms with Gasteiger partial charge in [0.25, 0.3) is 0 Å². The van der Waals surface area contributed by atoms with Crippen LogP contribution in [0.2, 0.25) is 5.02 Å². The van der Waals surface area contributed by atoms with Gasteiger partial charge in [-0.3, -0.25) is 0 Å². The van der Waals surface area contributed by atoms with Gasteiger partial charge in [0.1, 0.15) is 12.4 Å². The van der Waals surface area contributed by atoms with Crippen molar-refractivity contribution in [3.05, 3.63) is 64.2 Å². The van der Waals surface area contributed by atoms with E-state index in [1.54, 1.807) is 18.2 Å². The number of hydrogen-bond acceptors (Lipinski definition) is 2. The van der Waals surface area contributed by atoms with E-state index in [1.165, 1.54) is 18.2 Å². The average Bonchev–Trinajstić information content (AvgIpc) is 2.41. The first-order valence-corrected chi connectivity index (χ1v) is 6.95. The summed E-state index contributed by atoms with van der Waals surface area (Å²) in [7, 11) is 0. The summed E-state index contributed by atoms with van der Waals surface area (Å²) in [4.78, 5) is 0. The zero-order valence-electron chi connectivity index (χ0n) is 11.6. The van der Waals surface area contributed by atoms with Gasteiger partial charge in [-0.25, -0.2) is 8.78 Å². The third kappa shape index (κ3) is 4.16. The molecule has 0 saturated heterocycles. The summed E-state index contributed by atoms with van der Waals surface area (Å²) < 4.78 is 32.6. The van der Waals surface area contributed by atoms with Crippen molar-refractivity contribution in [2.24, 2.45) is 5.73 Å². The van der Waals surface area contributed by atoms with E-state index >= 15 is 0 Å². The highest BCUT2D eigenvalue weighted by Crippen LogP contribution is 2.24. The first-order valence-electron chi connectivity index (χ1n) is 6.57. The molecule has 2 rings (SSSR count). The van der Waals surface area contributed by atoms with E-state index in [-0.39, 0.29) is 23.4 Å². The smallest absolute Gasteiger partial charge is 0.165 e. The van der Waals surface area contributed by atoms with Crippen molar-refractivity contribution < 1.29 is 13.5 Å². The fourth-order valence-corrected chi connectivity index (χ4v) is 2.16. The molecular formula is C16H16ClF2NO. The summed E-state index contributed by atoms with van der Waals surface area (Å²) in [6.07, 6.45) is 0.590. The molecular weight excluding hydrogens is 296 g/mol. The van der Waals surface area contributed by atoms with E-state index in [1.807, 2.05) is 6.92 Å². The van der Waals surface area contributed by atoms with Gasteiger partial charge in [-0.1, -0.05) is 29.8 Å². The Hall–Kier alpha value is -1.65. The molecule has 0 fully saturated rings. The van der Waals surface area contributed by atoms with Gasteiger partial charge < -0.3 is 10.5 Å². The van der Waals surface area contributed by atoms with Crippen molar-refractivity contribution in [3.63, 3.8) is 0 Å². The van der Waals surface area contributed by atoms with Crippen LogP contribution < -0.4 is 10.5 Å². The Balaban J connectivity index is 2.08. The summed E-state index contributed by atoms with van der Waals surface area (Å²) in [5.74, 6) is -0.894. The maximum absolute atomic E-state index is 13.9. The second-order valence-corrected chi connectivity index (χ2v) is 5.33. The number of rotatable bonds is 5. The van der Waals surface area contributed by atoms with Gasteiger partial charge in [0, 0.05) is 11.6 Å². The van der Waals surface area contributed by atoms with Gasteiger partial charge in [0.15, 0.2) is 11.6 Å². The van der Waals surface area contributed by atoms with Gasteiger partial charge >= 0.3 is 0 Å². The Bertz CT molecular complexity index is 632. The first kappa shape index (κ1) is 15.7. The van der Waals surface area contributed by atoms with Crippen molar-refractivity contribution in [2.75, 3.05) is 0 Å². The van der Waals surface area contributed by atoms with Crippen LogP contribution in [0.5, 0.6) is 5.75 Å². The number of halogens is 3. The predicted octanol–water partition coefficient (Wildman–Crippen LogP) is 4.09. The van der Waals surface area contributed by atoms with E-state index in [0.29, 0.717) is 12.0 Å². The van der Waals surface area contributed by atoms with Crippen LogP contribution in [-0.2, 0) is 13.0 Å². The molecule has 0 amide bonds. The van der Waals surface area contributed by atoms with Crippen LogP contribution >= 0.6 is 11.6 Å². The Morgan fingerprint density at radius 1 is 1.19 bits per heavy atom. The van der Waals surface area contributed by atoms with Gasteiger partial charge in [-0.05, 0) is 37.1 Å². The predicted molar refractivity (Wildman–Crippen MR) is 79.5 cm³/mol. The lowest BCUT2D eigenvalue weighted by Gasteiger charge is -2.11. The largest absolute Gasteiger partial charge is 0.486 e. The number of ether oxygens (including phenoxy) is 1. The average molecular weight is 312 g/mol. The van der Waals surface area contributed by atoms with Gasteiger partial charge in [-0.15, -0.1) is 0 Å². The highest BCUT2D eigenvalue weighted by molar-refractivity contribution is 6.31. The Labute approximate surface area is 127 Å². The normalized spacial score (nSPS) is 12.2. The second kappa shape index (κ2) is 6.87. The Morgan fingerprint density at radius 3 is 2.62 bits per heavy atom. The molecule has 0 spiro atoms. The molecule has 1 atom stereocenters. The summed E-state index contributed by atoms with van der Waals surface area (Å²) in [6.45, 7) is 1.86. The molecule has 21 heavy (non-hydrogen) atoms. The molecule has 2 N–H and O–H groups in total. The molecule has 0 aliphatic carbocycles. The van der Waals surface area contributed by atoms with Crippen molar-refractivity contribution in [2.45, 2.75) is 26.0 Å². The van der Waals surface area contributed by atoms with Crippen molar-refractivity contribution in [3.8, 4) is 5.75 Å². The molecule has 0 bridgehead atoms. The van der Waals surface area contributed by atoms with Crippen LogP contribution in [0.25, 0.3) is 0 Å². The third-order valence-corrected chi connectivity index (χ3v) is 3.39. The molecule has 0 radical (unpaired) electrons. The van der Waals surface area contributed by atoms with E-state index in [0.717, 1.165) is 5.56 Å². The molecule has 2 aromatic carbocycles. The zero-order chi connectivity index (χ0) is 15.4. The van der Waals surface area contributed by atoms with Crippen LogP contribution in [0.3, 0.4) is 0 Å². The molecule has 5 heteroatoms. The molecule has 2 nitrogen and oxygen atoms in total. The molecule has 1 unspecified atom stereocenters. The molecule has 0 heterocycles. The minimum Gasteiger partial charge on any atom is -0.486 e. The van der Waals surface area contributed by atoms with Crippen LogP contribution in [0.1, 0.15) is 18.1 Å². The molecule has 112 valence electrons. The maximum Gasteiger partial charge on any atom is 0.165 e. The Kier molecular flexibility index (Phi) is 5.15. The highest BCUT2D eigenvalue weighted by atomic mass is 35.5. The van der Waals surface area contributed by atoms with Crippen LogP contribution in [-0.4, -0.2) is 6.04 Å². The standard InChI is InChI=1S/C16H16ClF2NO/c1-10(20)7-11-5-6-15(14(19)8-11)21-9-12-3-2-4-13(18)16(12)17/h2-6,8,10H,7,9,20H2,1H3. The summed E-state index contributed by atoms with van der Waals surface area (Å²) >= 11 is 5.82. The molecule has 0 saturated carbocycles. The lowest BCUT2D eigenvalue weighted by molar-refractivity contribution is 0.289. The van der Waals surface area contributed by atoms with Crippen molar-refractivity contribution >= 4 is 11.6 Å². The summed E-state index contributed by atoms with van der Waals surface area (Å²) in [5, 5.41) is -0.00788. The fourth-order valence-electron chi connectivity index (χ4n) is 1.98. The van der Waals surface area contributed by atoms with E-state index < -0.39 is 11.6 Å². The molecule has 0 aliphatic heterocycles. The van der Waals surface area contributed by atoms with Crippen molar-refractivity contribution in [1.29, 1.82) is 0 Å². The fraction of sp³-hybridized carbons (Fsp3) is 0.250. The van der Waals surface area contributed by atoms with Crippen molar-refractivity contribution in [1.82, 2.24) is 0 Å². The second-order valence-electron chi connectivity index (χ2n) is 4.95. The zero-order valence-corrected chi connectivity index (χ0v) is 12.3. The number of benzene rings is 2. The quantitative estimate of drug-likeness (QED) is 0.902. The molecule has 2 aromatic rings. The lowest BCUT2D eigenvalue weighted by atomic mass is 10.1. The molecule has 0 aliphatic rings. The summed E-state index contributed by atoms with van der Waals surface area (Å²) in [6, 6.07) is 9.08. The lowest BCUT2D eigenvalue weighted by Crippen LogP contribution is -2.17. The van der Waals surface area contributed by atoms with Gasteiger partial charge in [0.05, 0.1) is 5.02 Å².